The minimum Gasteiger partial charge on any atom is -0.392 e. The van der Waals surface area contributed by atoms with Gasteiger partial charge in [-0.15, -0.1) is 0 Å². The van der Waals surface area contributed by atoms with Gasteiger partial charge in [0, 0.05) is 34.0 Å². The Morgan fingerprint density at radius 3 is 1.72 bits per heavy atom. The van der Waals surface area contributed by atoms with Gasteiger partial charge in [-0.05, 0) is 43.1 Å². The van der Waals surface area contributed by atoms with Crippen molar-refractivity contribution >= 4 is 23.2 Å². The van der Waals surface area contributed by atoms with Crippen molar-refractivity contribution in [1.29, 1.82) is 0 Å². The lowest BCUT2D eigenvalue weighted by Gasteiger charge is -2.54. The van der Waals surface area contributed by atoms with Crippen molar-refractivity contribution in [2.45, 2.75) is 37.5 Å². The van der Waals surface area contributed by atoms with Crippen LogP contribution < -0.4 is 0 Å². The van der Waals surface area contributed by atoms with Gasteiger partial charge in [0.2, 0.25) is 0 Å². The van der Waals surface area contributed by atoms with Crippen LogP contribution in [0.15, 0.2) is 48.5 Å². The summed E-state index contributed by atoms with van der Waals surface area (Å²) in [6.45, 7) is 0. The fourth-order valence-electron chi connectivity index (χ4n) is 5.04. The van der Waals surface area contributed by atoms with E-state index in [1.54, 1.807) is 0 Å². The minimum absolute atomic E-state index is 0.0986. The molecule has 2 fully saturated rings. The second kappa shape index (κ2) is 6.92. The first-order chi connectivity index (χ1) is 12.1. The third-order valence-electron chi connectivity index (χ3n) is 6.09. The zero-order valence-corrected chi connectivity index (χ0v) is 15.8. The Bertz CT molecular complexity index is 704. The molecule has 0 amide bonds. The molecule has 0 radical (unpaired) electrons. The molecule has 1 N–H and O–H groups in total. The number of halogens is 2. The molecule has 2 nitrogen and oxygen atoms in total. The zero-order valence-electron chi connectivity index (χ0n) is 14.3. The lowest BCUT2D eigenvalue weighted by molar-refractivity contribution is -0.112. The van der Waals surface area contributed by atoms with Crippen LogP contribution in [0, 0.1) is 11.8 Å². The van der Waals surface area contributed by atoms with E-state index in [-0.39, 0.29) is 30.0 Å². The monoisotopic (exact) mass is 375 g/mol. The number of hydrogen-bond acceptors (Lipinski definition) is 2. The van der Waals surface area contributed by atoms with Gasteiger partial charge in [-0.1, -0.05) is 66.0 Å². The Kier molecular flexibility index (Phi) is 4.81. The van der Waals surface area contributed by atoms with Gasteiger partial charge in [-0.25, -0.2) is 0 Å². The summed E-state index contributed by atoms with van der Waals surface area (Å²) in [4.78, 5) is 2.39. The summed E-state index contributed by atoms with van der Waals surface area (Å²) in [7, 11) is 2.15. The summed E-state index contributed by atoms with van der Waals surface area (Å²) in [5, 5.41) is 12.7. The quantitative estimate of drug-likeness (QED) is 0.748. The van der Waals surface area contributed by atoms with Gasteiger partial charge in [0.05, 0.1) is 6.10 Å². The second-order valence-electron chi connectivity index (χ2n) is 7.35. The number of nitrogens with zero attached hydrogens (tertiary/aromatic N) is 1. The van der Waals surface area contributed by atoms with E-state index in [1.807, 2.05) is 36.4 Å². The fraction of sp³-hybridized carbons (Fsp3) is 0.429. The third-order valence-corrected chi connectivity index (χ3v) is 6.78. The van der Waals surface area contributed by atoms with E-state index in [2.05, 4.69) is 24.1 Å². The fourth-order valence-corrected chi connectivity index (χ4v) is 5.54. The molecule has 1 saturated heterocycles. The van der Waals surface area contributed by atoms with Gasteiger partial charge < -0.3 is 5.11 Å². The van der Waals surface area contributed by atoms with Crippen molar-refractivity contribution in [3.8, 4) is 0 Å². The average molecular weight is 376 g/mol. The largest absolute Gasteiger partial charge is 0.392 e. The van der Waals surface area contributed by atoms with E-state index in [0.717, 1.165) is 40.4 Å². The van der Waals surface area contributed by atoms with Gasteiger partial charge >= 0.3 is 0 Å². The molecule has 0 aromatic heterocycles. The summed E-state index contributed by atoms with van der Waals surface area (Å²) in [6, 6.07) is 16.2. The molecule has 2 aliphatic rings. The maximum Gasteiger partial charge on any atom is 0.0633 e. The number of piperidine rings is 1. The van der Waals surface area contributed by atoms with Gasteiger partial charge in [0.15, 0.2) is 0 Å². The van der Waals surface area contributed by atoms with E-state index in [1.165, 1.54) is 0 Å². The van der Waals surface area contributed by atoms with Crippen LogP contribution >= 0.6 is 23.2 Å². The van der Waals surface area contributed by atoms with Gasteiger partial charge in [0.1, 0.15) is 0 Å². The van der Waals surface area contributed by atoms with Crippen molar-refractivity contribution < 1.29 is 5.11 Å². The number of benzene rings is 2. The van der Waals surface area contributed by atoms with E-state index in [9.17, 15) is 5.11 Å². The molecule has 4 rings (SSSR count). The summed E-state index contributed by atoms with van der Waals surface area (Å²) in [6.07, 6.45) is 2.88. The van der Waals surface area contributed by atoms with Gasteiger partial charge in [-0.2, -0.15) is 0 Å². The first-order valence-corrected chi connectivity index (χ1v) is 9.74. The SMILES string of the molecule is CN1[C@H](c2ccccc2Cl)[C@@H]2CCC[C@@H](C2O)[C@@H]1c1ccccc1Cl. The number of hydrogen-bond donors (Lipinski definition) is 1. The van der Waals surface area contributed by atoms with Crippen molar-refractivity contribution in [3.63, 3.8) is 0 Å². The van der Waals surface area contributed by atoms with Crippen LogP contribution in [0.4, 0.5) is 0 Å². The number of likely N-dealkylation sites (tertiary alicyclic amines) is 1. The Morgan fingerprint density at radius 1 is 0.840 bits per heavy atom. The van der Waals surface area contributed by atoms with E-state index < -0.39 is 0 Å². The summed E-state index contributed by atoms with van der Waals surface area (Å²) < 4.78 is 0. The Hall–Kier alpha value is -1.06. The number of rotatable bonds is 2. The topological polar surface area (TPSA) is 23.5 Å². The molecular weight excluding hydrogens is 353 g/mol. The number of aliphatic hydroxyl groups is 1. The highest BCUT2D eigenvalue weighted by molar-refractivity contribution is 6.31. The highest BCUT2D eigenvalue weighted by Gasteiger charge is 2.50. The van der Waals surface area contributed by atoms with E-state index in [0.29, 0.717) is 0 Å². The molecule has 1 saturated carbocycles. The van der Waals surface area contributed by atoms with Crippen LogP contribution in [0.5, 0.6) is 0 Å². The van der Waals surface area contributed by atoms with Crippen LogP contribution in [0.1, 0.15) is 42.5 Å². The molecule has 5 atom stereocenters. The summed E-state index contributed by atoms with van der Waals surface area (Å²) in [5.41, 5.74) is 2.21. The maximum absolute atomic E-state index is 11.1. The molecule has 2 aromatic rings. The molecule has 1 unspecified atom stereocenters. The first kappa shape index (κ1) is 17.4. The van der Waals surface area contributed by atoms with Crippen LogP contribution in [-0.4, -0.2) is 23.2 Å². The molecule has 2 bridgehead atoms. The lowest BCUT2D eigenvalue weighted by Crippen LogP contribution is -2.53. The highest BCUT2D eigenvalue weighted by Crippen LogP contribution is 2.54. The van der Waals surface area contributed by atoms with Gasteiger partial charge in [-0.3, -0.25) is 4.90 Å². The second-order valence-corrected chi connectivity index (χ2v) is 8.16. The smallest absolute Gasteiger partial charge is 0.0633 e. The first-order valence-electron chi connectivity index (χ1n) is 8.98. The van der Waals surface area contributed by atoms with Crippen LogP contribution in [-0.2, 0) is 0 Å². The molecule has 2 aromatic carbocycles. The zero-order chi connectivity index (χ0) is 17.6. The molecule has 1 aliphatic carbocycles. The van der Waals surface area contributed by atoms with Crippen molar-refractivity contribution in [1.82, 2.24) is 4.90 Å². The Labute approximate surface area is 159 Å². The minimum atomic E-state index is -0.326. The third kappa shape index (κ3) is 2.90. The Balaban J connectivity index is 1.83. The predicted octanol–water partition coefficient (Wildman–Crippen LogP) is 5.50. The predicted molar refractivity (Wildman–Crippen MR) is 103 cm³/mol. The molecule has 1 aliphatic heterocycles. The summed E-state index contributed by atoms with van der Waals surface area (Å²) >= 11 is 13.1. The molecule has 132 valence electrons. The molecule has 25 heavy (non-hydrogen) atoms. The van der Waals surface area contributed by atoms with Crippen LogP contribution in [0.25, 0.3) is 0 Å². The van der Waals surface area contributed by atoms with Crippen molar-refractivity contribution in [2.75, 3.05) is 7.05 Å². The van der Waals surface area contributed by atoms with E-state index >= 15 is 0 Å². The van der Waals surface area contributed by atoms with Crippen LogP contribution in [0.3, 0.4) is 0 Å². The van der Waals surface area contributed by atoms with Gasteiger partial charge in [0.25, 0.3) is 0 Å². The highest BCUT2D eigenvalue weighted by atomic mass is 35.5. The van der Waals surface area contributed by atoms with Crippen molar-refractivity contribution in [3.05, 3.63) is 69.7 Å². The lowest BCUT2D eigenvalue weighted by atomic mass is 9.65. The molecular formula is C21H23Cl2NO. The Morgan fingerprint density at radius 2 is 1.28 bits per heavy atom. The summed E-state index contributed by atoms with van der Waals surface area (Å²) in [5.74, 6) is 0.421. The standard InChI is InChI=1S/C21H23Cl2NO/c1-24-19(13-7-2-4-11-17(13)22)15-9-6-10-16(21(15)25)20(24)14-8-3-5-12-18(14)23/h2-5,7-8,11-12,15-16,19-21,25H,6,9-10H2,1H3/t15-,16+,19+,20-,21?. The van der Waals surface area contributed by atoms with E-state index in [4.69, 9.17) is 23.2 Å². The maximum atomic E-state index is 11.1. The molecule has 1 heterocycles. The number of aliphatic hydroxyl groups excluding tert-OH is 1. The van der Waals surface area contributed by atoms with Crippen molar-refractivity contribution in [2.24, 2.45) is 11.8 Å². The normalized spacial score (nSPS) is 32.6. The average Bonchev–Trinajstić information content (AvgIpc) is 2.60. The molecule has 0 spiro atoms. The number of fused-ring (bicyclic) bond motifs is 2. The molecule has 4 heteroatoms. The van der Waals surface area contributed by atoms with Crippen LogP contribution in [0.2, 0.25) is 10.0 Å².